The maximum Gasteiger partial charge on any atom is 0.410 e. The zero-order chi connectivity index (χ0) is 30.6. The van der Waals surface area contributed by atoms with Crippen molar-refractivity contribution in [2.24, 2.45) is 7.05 Å². The number of rotatable bonds is 9. The van der Waals surface area contributed by atoms with E-state index in [1.807, 2.05) is 91.7 Å². The van der Waals surface area contributed by atoms with Crippen molar-refractivity contribution in [2.45, 2.75) is 45.3 Å². The van der Waals surface area contributed by atoms with Crippen LogP contribution in [0.25, 0.3) is 22.0 Å². The van der Waals surface area contributed by atoms with E-state index in [1.54, 1.807) is 16.5 Å². The molecule has 1 aliphatic heterocycles. The Balaban J connectivity index is 1.19. The molecular formula is C32H36IN3O6S. The third kappa shape index (κ3) is 7.68. The Kier molecular flexibility index (Phi) is 9.92. The molecule has 0 saturated carbocycles. The normalized spacial score (nSPS) is 14.2. The number of benzene rings is 2. The van der Waals surface area contributed by atoms with Gasteiger partial charge in [-0.15, -0.1) is 0 Å². The zero-order valence-electron chi connectivity index (χ0n) is 24.7. The second kappa shape index (κ2) is 13.6. The molecule has 1 aliphatic rings. The number of halogens is 1. The van der Waals surface area contributed by atoms with E-state index < -0.39 is 5.60 Å². The lowest BCUT2D eigenvalue weighted by Gasteiger charge is -2.33. The number of carbonyl (C=O) groups is 1. The number of pyridine rings is 1. The van der Waals surface area contributed by atoms with Crippen molar-refractivity contribution in [2.75, 3.05) is 26.3 Å². The molecule has 1 fully saturated rings. The number of piperidine rings is 1. The van der Waals surface area contributed by atoms with Crippen LogP contribution in [0.4, 0.5) is 4.79 Å². The second-order valence-corrected chi connectivity index (χ2v) is 13.1. The molecule has 0 radical (unpaired) electrons. The predicted molar refractivity (Wildman–Crippen MR) is 178 cm³/mol. The molecule has 2 aromatic carbocycles. The summed E-state index contributed by atoms with van der Waals surface area (Å²) in [5, 5.41) is 0.871. The third-order valence-corrected chi connectivity index (χ3v) is 8.80. The molecular weight excluding hydrogens is 681 g/mol. The summed E-state index contributed by atoms with van der Waals surface area (Å²) >= 11 is 2.18. The van der Waals surface area contributed by atoms with Gasteiger partial charge in [-0.2, -0.15) is 0 Å². The van der Waals surface area contributed by atoms with Crippen molar-refractivity contribution in [3.63, 3.8) is 0 Å². The van der Waals surface area contributed by atoms with Crippen LogP contribution in [0.3, 0.4) is 0 Å². The SMILES string of the molecule is Cn1cc(-c2ccccc2Oc2cccc(OCCOC3CCN(C(=O)OC(C)(C)C)CC3)c2)c2ccn(SI)c2c1=O. The number of hydrogen-bond acceptors (Lipinski definition) is 7. The zero-order valence-corrected chi connectivity index (χ0v) is 27.7. The number of amides is 1. The Bertz CT molecular complexity index is 1640. The molecule has 9 nitrogen and oxygen atoms in total. The van der Waals surface area contributed by atoms with Gasteiger partial charge in [0.1, 0.15) is 35.0 Å². The van der Waals surface area contributed by atoms with Crippen molar-refractivity contribution in [3.05, 3.63) is 77.3 Å². The lowest BCUT2D eigenvalue weighted by Crippen LogP contribution is -2.43. The van der Waals surface area contributed by atoms with Crippen LogP contribution in [-0.2, 0) is 16.5 Å². The van der Waals surface area contributed by atoms with Gasteiger partial charge in [-0.05, 0) is 57.9 Å². The average molecular weight is 718 g/mol. The summed E-state index contributed by atoms with van der Waals surface area (Å²) in [6, 6.07) is 17.3. The molecule has 0 unspecified atom stereocenters. The van der Waals surface area contributed by atoms with E-state index >= 15 is 0 Å². The maximum atomic E-state index is 12.9. The highest BCUT2D eigenvalue weighted by atomic mass is 127. The number of ether oxygens (including phenoxy) is 4. The molecule has 1 amide bonds. The van der Waals surface area contributed by atoms with Crippen LogP contribution in [-0.4, -0.2) is 57.5 Å². The molecule has 0 N–H and O–H groups in total. The van der Waals surface area contributed by atoms with Gasteiger partial charge < -0.3 is 28.4 Å². The van der Waals surface area contributed by atoms with Gasteiger partial charge in [-0.25, -0.2) is 4.79 Å². The summed E-state index contributed by atoms with van der Waals surface area (Å²) in [5.74, 6) is 2.00. The van der Waals surface area contributed by atoms with Gasteiger partial charge in [-0.1, -0.05) is 24.3 Å². The molecule has 0 spiro atoms. The number of nitrogens with zero attached hydrogens (tertiary/aromatic N) is 3. The summed E-state index contributed by atoms with van der Waals surface area (Å²) in [5.41, 5.74) is 1.89. The van der Waals surface area contributed by atoms with E-state index in [0.29, 0.717) is 49.1 Å². The predicted octanol–water partition coefficient (Wildman–Crippen LogP) is 7.44. The average Bonchev–Trinajstić information content (AvgIpc) is 3.42. The fourth-order valence-electron chi connectivity index (χ4n) is 5.04. The number of aryl methyl sites for hydroxylation is 1. The first kappa shape index (κ1) is 31.3. The van der Waals surface area contributed by atoms with E-state index in [0.717, 1.165) is 29.4 Å². The number of likely N-dealkylation sites (tertiary alicyclic amines) is 1. The maximum absolute atomic E-state index is 12.9. The van der Waals surface area contributed by atoms with E-state index in [4.69, 9.17) is 18.9 Å². The molecule has 0 bridgehead atoms. The Hall–Kier alpha value is -3.16. The molecule has 5 rings (SSSR count). The molecule has 0 atom stereocenters. The highest BCUT2D eigenvalue weighted by molar-refractivity contribution is 14.2. The van der Waals surface area contributed by atoms with Crippen molar-refractivity contribution < 1.29 is 23.7 Å². The lowest BCUT2D eigenvalue weighted by molar-refractivity contribution is -0.0177. The monoisotopic (exact) mass is 717 g/mol. The van der Waals surface area contributed by atoms with Gasteiger partial charge in [0.15, 0.2) is 0 Å². The topological polar surface area (TPSA) is 84.2 Å². The number of para-hydroxylation sites is 1. The molecule has 4 aromatic rings. The Morgan fingerprint density at radius 2 is 1.74 bits per heavy atom. The minimum absolute atomic E-state index is 0.0496. The van der Waals surface area contributed by atoms with Crippen LogP contribution in [0.2, 0.25) is 0 Å². The summed E-state index contributed by atoms with van der Waals surface area (Å²) < 4.78 is 27.3. The number of fused-ring (bicyclic) bond motifs is 1. The first-order valence-corrected chi connectivity index (χ1v) is 17.5. The molecule has 0 aliphatic carbocycles. The van der Waals surface area contributed by atoms with Crippen LogP contribution < -0.4 is 15.0 Å². The van der Waals surface area contributed by atoms with E-state index in [1.165, 1.54) is 9.12 Å². The Morgan fingerprint density at radius 3 is 2.49 bits per heavy atom. The van der Waals surface area contributed by atoms with Crippen molar-refractivity contribution >= 4 is 47.3 Å². The van der Waals surface area contributed by atoms with Gasteiger partial charge in [0, 0.05) is 85.4 Å². The first-order valence-electron chi connectivity index (χ1n) is 14.2. The highest BCUT2D eigenvalue weighted by Gasteiger charge is 2.27. The number of aromatic nitrogens is 2. The van der Waals surface area contributed by atoms with Gasteiger partial charge in [0.2, 0.25) is 0 Å². The summed E-state index contributed by atoms with van der Waals surface area (Å²) in [4.78, 5) is 26.9. The van der Waals surface area contributed by atoms with Gasteiger partial charge in [0.25, 0.3) is 5.56 Å². The van der Waals surface area contributed by atoms with Crippen LogP contribution in [0.5, 0.6) is 17.2 Å². The van der Waals surface area contributed by atoms with Crippen LogP contribution in [0.15, 0.2) is 71.8 Å². The van der Waals surface area contributed by atoms with Gasteiger partial charge >= 0.3 is 6.09 Å². The lowest BCUT2D eigenvalue weighted by atomic mass is 10.0. The quantitative estimate of drug-likeness (QED) is 0.132. The molecule has 228 valence electrons. The fourth-order valence-corrected chi connectivity index (χ4v) is 6.38. The van der Waals surface area contributed by atoms with Crippen LogP contribution in [0.1, 0.15) is 33.6 Å². The number of hydrogen-bond donors (Lipinski definition) is 0. The highest BCUT2D eigenvalue weighted by Crippen LogP contribution is 2.38. The first-order chi connectivity index (χ1) is 20.6. The van der Waals surface area contributed by atoms with E-state index in [-0.39, 0.29) is 17.8 Å². The molecule has 3 heterocycles. The van der Waals surface area contributed by atoms with Crippen LogP contribution >= 0.6 is 30.3 Å². The largest absolute Gasteiger partial charge is 0.491 e. The minimum Gasteiger partial charge on any atom is -0.491 e. The fraction of sp³-hybridized carbons (Fsp3) is 0.375. The molecule has 11 heteroatoms. The van der Waals surface area contributed by atoms with Crippen molar-refractivity contribution in [1.82, 2.24) is 13.4 Å². The summed E-state index contributed by atoms with van der Waals surface area (Å²) in [6.07, 6.45) is 5.13. The minimum atomic E-state index is -0.496. The molecule has 43 heavy (non-hydrogen) atoms. The van der Waals surface area contributed by atoms with E-state index in [9.17, 15) is 9.59 Å². The second-order valence-electron chi connectivity index (χ2n) is 11.4. The van der Waals surface area contributed by atoms with E-state index in [2.05, 4.69) is 21.2 Å². The summed E-state index contributed by atoms with van der Waals surface area (Å²) in [7, 11) is 3.22. The number of carbonyl (C=O) groups excluding carboxylic acids is 1. The standard InChI is InChI=1S/C32H36IN3O6S/c1-32(2,3)42-31(38)35-15-12-22(13-16-35)39-18-19-40-23-8-7-9-24(20-23)41-28-11-6-5-10-25(28)27-21-34(4)30(37)29-26(27)14-17-36(29)43-33/h5-11,14,17,20-22H,12-13,15-16,18-19H2,1-4H3. The van der Waals surface area contributed by atoms with Crippen LogP contribution in [0, 0.1) is 0 Å². The van der Waals surface area contributed by atoms with Crippen molar-refractivity contribution in [1.29, 1.82) is 0 Å². The summed E-state index contributed by atoms with van der Waals surface area (Å²) in [6.45, 7) is 7.71. The Morgan fingerprint density at radius 1 is 1.00 bits per heavy atom. The third-order valence-electron chi connectivity index (χ3n) is 7.07. The Labute approximate surface area is 267 Å². The molecule has 2 aromatic heterocycles. The molecule has 1 saturated heterocycles. The smallest absolute Gasteiger partial charge is 0.410 e. The van der Waals surface area contributed by atoms with Crippen molar-refractivity contribution in [3.8, 4) is 28.4 Å². The van der Waals surface area contributed by atoms with Gasteiger partial charge in [0.05, 0.1) is 12.7 Å². The van der Waals surface area contributed by atoms with Gasteiger partial charge in [-0.3, -0.25) is 8.77 Å².